The van der Waals surface area contributed by atoms with Crippen molar-refractivity contribution in [2.24, 2.45) is 0 Å². The van der Waals surface area contributed by atoms with Crippen LogP contribution in [0.3, 0.4) is 0 Å². The summed E-state index contributed by atoms with van der Waals surface area (Å²) in [6, 6.07) is 13.4. The molecule has 0 N–H and O–H groups in total. The Bertz CT molecular complexity index is 1640. The third kappa shape index (κ3) is 4.23. The number of rotatable bonds is 5. The van der Waals surface area contributed by atoms with Crippen molar-refractivity contribution in [3.05, 3.63) is 92.3 Å². The van der Waals surface area contributed by atoms with Gasteiger partial charge in [-0.1, -0.05) is 29.3 Å². The van der Waals surface area contributed by atoms with Crippen molar-refractivity contribution in [3.63, 3.8) is 0 Å². The van der Waals surface area contributed by atoms with E-state index in [2.05, 4.69) is 16.4 Å². The van der Waals surface area contributed by atoms with E-state index in [9.17, 15) is 4.79 Å². The molecule has 6 rings (SSSR count). The molecule has 0 atom stereocenters. The van der Waals surface area contributed by atoms with Crippen LogP contribution in [0.15, 0.2) is 54.4 Å². The summed E-state index contributed by atoms with van der Waals surface area (Å²) < 4.78 is 20.0. The van der Waals surface area contributed by atoms with Crippen LogP contribution >= 0.6 is 23.2 Å². The van der Waals surface area contributed by atoms with Crippen LogP contribution < -0.4 is 14.2 Å². The topological polar surface area (TPSA) is 52.9 Å². The minimum absolute atomic E-state index is 0.126. The number of allylic oxidation sites excluding steroid dienone is 1. The number of carbonyl (C=O) groups excluding carboxylic acids is 1. The summed E-state index contributed by atoms with van der Waals surface area (Å²) in [5.74, 6) is 2.24. The average Bonchev–Trinajstić information content (AvgIpc) is 3.43. The zero-order chi connectivity index (χ0) is 26.6. The Morgan fingerprint density at radius 3 is 2.74 bits per heavy atom. The zero-order valence-electron chi connectivity index (χ0n) is 21.3. The fraction of sp³-hybridized carbons (Fsp3) is 0.233. The maximum atomic E-state index is 13.6. The predicted molar refractivity (Wildman–Crippen MR) is 149 cm³/mol. The molecule has 194 valence electrons. The van der Waals surface area contributed by atoms with Crippen molar-refractivity contribution in [1.29, 1.82) is 0 Å². The summed E-state index contributed by atoms with van der Waals surface area (Å²) in [6.45, 7) is 6.35. The first-order chi connectivity index (χ1) is 18.4. The molecule has 2 aliphatic heterocycles. The van der Waals surface area contributed by atoms with Gasteiger partial charge in [-0.25, -0.2) is 0 Å². The number of benzene rings is 3. The third-order valence-corrected chi connectivity index (χ3v) is 7.73. The van der Waals surface area contributed by atoms with E-state index in [0.29, 0.717) is 46.9 Å². The fourth-order valence-corrected chi connectivity index (χ4v) is 5.68. The van der Waals surface area contributed by atoms with Crippen molar-refractivity contribution in [1.82, 2.24) is 9.47 Å². The lowest BCUT2D eigenvalue weighted by Gasteiger charge is -2.30. The first-order valence-corrected chi connectivity index (χ1v) is 13.2. The summed E-state index contributed by atoms with van der Waals surface area (Å²) in [5, 5.41) is 2.20. The van der Waals surface area contributed by atoms with Gasteiger partial charge in [0, 0.05) is 52.3 Å². The first-order valence-electron chi connectivity index (χ1n) is 12.4. The van der Waals surface area contributed by atoms with Crippen LogP contribution in [0.25, 0.3) is 17.0 Å². The second-order valence-electron chi connectivity index (χ2n) is 9.56. The summed E-state index contributed by atoms with van der Waals surface area (Å²) >= 11 is 12.5. The number of fused-ring (bicyclic) bond motifs is 4. The van der Waals surface area contributed by atoms with Crippen LogP contribution in [0.5, 0.6) is 17.2 Å². The Hall–Kier alpha value is -3.45. The molecule has 38 heavy (non-hydrogen) atoms. The van der Waals surface area contributed by atoms with E-state index in [1.807, 2.05) is 55.6 Å². The normalized spacial score (nSPS) is 15.9. The lowest BCUT2D eigenvalue weighted by Crippen LogP contribution is -2.32. The van der Waals surface area contributed by atoms with Gasteiger partial charge < -0.3 is 18.8 Å². The highest BCUT2D eigenvalue weighted by Crippen LogP contribution is 2.44. The van der Waals surface area contributed by atoms with Gasteiger partial charge in [0.1, 0.15) is 24.0 Å². The molecular formula is C30H26Cl2N2O4. The number of ketones is 1. The van der Waals surface area contributed by atoms with E-state index in [1.165, 1.54) is 0 Å². The molecule has 6 nitrogen and oxygen atoms in total. The summed E-state index contributed by atoms with van der Waals surface area (Å²) in [5.41, 5.74) is 5.20. The standard InChI is InChI=1S/C30H26Cl2N2O4/c1-4-34-14-19(22-12-21(36-3)7-8-25(22)34)10-27-29(35)28-17(2)9-26-23(30(28)38-27)15-33(16-37-26)13-18-5-6-20(31)11-24(18)32/h5-12,14H,4,13,15-16H2,1-3H3/b27-10-. The number of halogens is 2. The average molecular weight is 549 g/mol. The van der Waals surface area contributed by atoms with E-state index in [1.54, 1.807) is 13.2 Å². The van der Waals surface area contributed by atoms with Crippen molar-refractivity contribution in [3.8, 4) is 17.2 Å². The minimum Gasteiger partial charge on any atom is -0.497 e. The highest BCUT2D eigenvalue weighted by Gasteiger charge is 2.35. The second-order valence-corrected chi connectivity index (χ2v) is 10.4. The maximum absolute atomic E-state index is 13.6. The van der Waals surface area contributed by atoms with Crippen LogP contribution in [-0.2, 0) is 19.6 Å². The number of aryl methyl sites for hydroxylation is 2. The van der Waals surface area contributed by atoms with Crippen LogP contribution in [0.4, 0.5) is 0 Å². The monoisotopic (exact) mass is 548 g/mol. The lowest BCUT2D eigenvalue weighted by molar-refractivity contribution is 0.0872. The molecule has 0 bridgehead atoms. The van der Waals surface area contributed by atoms with Crippen molar-refractivity contribution in [2.75, 3.05) is 13.8 Å². The van der Waals surface area contributed by atoms with E-state index in [4.69, 9.17) is 37.4 Å². The molecule has 0 saturated heterocycles. The van der Waals surface area contributed by atoms with Gasteiger partial charge in [-0.05, 0) is 67.4 Å². The number of nitrogens with zero attached hydrogens (tertiary/aromatic N) is 2. The molecule has 8 heteroatoms. The molecule has 0 unspecified atom stereocenters. The van der Waals surface area contributed by atoms with Gasteiger partial charge in [-0.2, -0.15) is 0 Å². The number of methoxy groups -OCH3 is 1. The van der Waals surface area contributed by atoms with E-state index in [0.717, 1.165) is 51.2 Å². The smallest absolute Gasteiger partial charge is 0.232 e. The number of hydrogen-bond acceptors (Lipinski definition) is 5. The molecular weight excluding hydrogens is 523 g/mol. The van der Waals surface area contributed by atoms with Gasteiger partial charge in [-0.3, -0.25) is 9.69 Å². The highest BCUT2D eigenvalue weighted by atomic mass is 35.5. The van der Waals surface area contributed by atoms with Crippen molar-refractivity contribution in [2.45, 2.75) is 33.5 Å². The molecule has 0 aliphatic carbocycles. The summed E-state index contributed by atoms with van der Waals surface area (Å²) in [4.78, 5) is 15.7. The van der Waals surface area contributed by atoms with Gasteiger partial charge in [0.15, 0.2) is 5.76 Å². The molecule has 4 aromatic rings. The number of hydrogen-bond donors (Lipinski definition) is 0. The zero-order valence-corrected chi connectivity index (χ0v) is 22.8. The molecule has 0 radical (unpaired) electrons. The SMILES string of the molecule is CCn1cc(/C=C2\Oc3c4c(cc(C)c3C2=O)OCN(Cc2ccc(Cl)cc2Cl)C4)c2cc(OC)ccc21. The van der Waals surface area contributed by atoms with Gasteiger partial charge in [0.2, 0.25) is 5.78 Å². The molecule has 3 heterocycles. The molecule has 3 aromatic carbocycles. The number of carbonyl (C=O) groups is 1. The van der Waals surface area contributed by atoms with Crippen molar-refractivity contribution < 1.29 is 19.0 Å². The predicted octanol–water partition coefficient (Wildman–Crippen LogP) is 7.25. The lowest BCUT2D eigenvalue weighted by atomic mass is 9.98. The number of ether oxygens (including phenoxy) is 3. The fourth-order valence-electron chi connectivity index (χ4n) is 5.22. The van der Waals surface area contributed by atoms with Gasteiger partial charge in [-0.15, -0.1) is 0 Å². The van der Waals surface area contributed by atoms with Gasteiger partial charge in [0.25, 0.3) is 0 Å². The number of Topliss-reactive ketones (excluding diaryl/α,β-unsaturated/α-hetero) is 1. The van der Waals surface area contributed by atoms with Crippen LogP contribution in [0.2, 0.25) is 10.0 Å². The minimum atomic E-state index is -0.126. The Morgan fingerprint density at radius 1 is 1.13 bits per heavy atom. The van der Waals surface area contributed by atoms with Crippen LogP contribution in [0, 0.1) is 6.92 Å². The molecule has 1 aromatic heterocycles. The molecule has 2 aliphatic rings. The Kier molecular flexibility index (Phi) is 6.34. The van der Waals surface area contributed by atoms with E-state index in [-0.39, 0.29) is 5.78 Å². The molecule has 0 saturated carbocycles. The summed E-state index contributed by atoms with van der Waals surface area (Å²) in [7, 11) is 1.65. The largest absolute Gasteiger partial charge is 0.497 e. The number of aromatic nitrogens is 1. The molecule has 0 spiro atoms. The van der Waals surface area contributed by atoms with Crippen LogP contribution in [-0.4, -0.2) is 29.1 Å². The third-order valence-electron chi connectivity index (χ3n) is 7.14. The van der Waals surface area contributed by atoms with E-state index >= 15 is 0 Å². The maximum Gasteiger partial charge on any atom is 0.232 e. The highest BCUT2D eigenvalue weighted by molar-refractivity contribution is 6.35. The van der Waals surface area contributed by atoms with Crippen LogP contribution in [0.1, 0.15) is 39.5 Å². The van der Waals surface area contributed by atoms with Gasteiger partial charge >= 0.3 is 0 Å². The Morgan fingerprint density at radius 2 is 1.97 bits per heavy atom. The van der Waals surface area contributed by atoms with Gasteiger partial charge in [0.05, 0.1) is 18.2 Å². The Balaban J connectivity index is 1.35. The molecule has 0 fully saturated rings. The quantitative estimate of drug-likeness (QED) is 0.246. The second kappa shape index (κ2) is 9.70. The van der Waals surface area contributed by atoms with E-state index < -0.39 is 0 Å². The van der Waals surface area contributed by atoms with Crippen molar-refractivity contribution >= 4 is 46.0 Å². The first kappa shape index (κ1) is 24.9. The molecule has 0 amide bonds. The Labute approximate surface area is 230 Å². The summed E-state index contributed by atoms with van der Waals surface area (Å²) in [6.07, 6.45) is 3.87.